The Kier molecular flexibility index (Phi) is 4.31. The van der Waals surface area contributed by atoms with Gasteiger partial charge < -0.3 is 8.83 Å². The second kappa shape index (κ2) is 7.31. The largest absolute Gasteiger partial charge is 0.456 e. The summed E-state index contributed by atoms with van der Waals surface area (Å²) in [5.41, 5.74) is 7.45. The van der Waals surface area contributed by atoms with Crippen molar-refractivity contribution in [1.29, 1.82) is 0 Å². The van der Waals surface area contributed by atoms with Crippen molar-refractivity contribution in [3.63, 3.8) is 0 Å². The van der Waals surface area contributed by atoms with Crippen molar-refractivity contribution in [1.82, 2.24) is 0 Å². The minimum absolute atomic E-state index is 0.900. The molecule has 4 aromatic carbocycles. The fourth-order valence-corrected chi connectivity index (χ4v) is 4.62. The van der Waals surface area contributed by atoms with Crippen LogP contribution in [0.2, 0.25) is 0 Å². The van der Waals surface area contributed by atoms with Gasteiger partial charge in [0, 0.05) is 21.5 Å². The predicted molar refractivity (Wildman–Crippen MR) is 130 cm³/mol. The van der Waals surface area contributed by atoms with E-state index in [4.69, 9.17) is 8.83 Å². The smallest absolute Gasteiger partial charge is 0.136 e. The normalized spacial score (nSPS) is 11.9. The maximum absolute atomic E-state index is 6.29. The van der Waals surface area contributed by atoms with E-state index in [9.17, 15) is 0 Å². The van der Waals surface area contributed by atoms with E-state index in [2.05, 4.69) is 67.6 Å². The SMILES string of the molecule is CCCCCc1ccc(-c2ccc3c(c2)oc2cc4c(cc23)oc2ccccc24)cc1. The molecule has 0 aliphatic heterocycles. The number of unbranched alkanes of at least 4 members (excludes halogenated alkanes) is 2. The molecular weight excluding hydrogens is 380 g/mol. The van der Waals surface area contributed by atoms with Gasteiger partial charge in [-0.3, -0.25) is 0 Å². The van der Waals surface area contributed by atoms with Crippen molar-refractivity contribution in [2.75, 3.05) is 0 Å². The minimum Gasteiger partial charge on any atom is -0.456 e. The lowest BCUT2D eigenvalue weighted by Gasteiger charge is -2.05. The van der Waals surface area contributed by atoms with Crippen LogP contribution in [-0.4, -0.2) is 0 Å². The van der Waals surface area contributed by atoms with Crippen LogP contribution in [0.25, 0.3) is 55.0 Å². The van der Waals surface area contributed by atoms with E-state index in [-0.39, 0.29) is 0 Å². The second-order valence-corrected chi connectivity index (χ2v) is 8.41. The van der Waals surface area contributed by atoms with E-state index in [1.165, 1.54) is 36.0 Å². The Bertz CT molecular complexity index is 1530. The first kappa shape index (κ1) is 18.3. The standard InChI is InChI=1S/C29H24O2/c1-2-3-4-7-19-10-12-20(13-11-19)21-14-15-23-25-18-28-24(17-29(25)31-27(23)16-21)22-8-5-6-9-26(22)30-28/h5-6,8-18H,2-4,7H2,1H3. The molecule has 0 aliphatic rings. The fourth-order valence-electron chi connectivity index (χ4n) is 4.62. The molecule has 0 unspecified atom stereocenters. The third-order valence-electron chi connectivity index (χ3n) is 6.33. The lowest BCUT2D eigenvalue weighted by molar-refractivity contribution is 0.664. The molecule has 2 aromatic heterocycles. The van der Waals surface area contributed by atoms with Crippen LogP contribution < -0.4 is 0 Å². The predicted octanol–water partition coefficient (Wildman–Crippen LogP) is 8.89. The number of hydrogen-bond acceptors (Lipinski definition) is 2. The summed E-state index contributed by atoms with van der Waals surface area (Å²) in [6.45, 7) is 2.25. The Morgan fingerprint density at radius 2 is 1.19 bits per heavy atom. The molecule has 0 saturated heterocycles. The summed E-state index contributed by atoms with van der Waals surface area (Å²) >= 11 is 0. The summed E-state index contributed by atoms with van der Waals surface area (Å²) in [6.07, 6.45) is 4.98. The first-order valence-corrected chi connectivity index (χ1v) is 11.2. The van der Waals surface area contributed by atoms with E-state index >= 15 is 0 Å². The Labute approximate surface area is 181 Å². The summed E-state index contributed by atoms with van der Waals surface area (Å²) in [4.78, 5) is 0. The minimum atomic E-state index is 0.900. The number of fused-ring (bicyclic) bond motifs is 6. The summed E-state index contributed by atoms with van der Waals surface area (Å²) < 4.78 is 12.4. The van der Waals surface area contributed by atoms with E-state index in [0.29, 0.717) is 0 Å². The third kappa shape index (κ3) is 3.11. The van der Waals surface area contributed by atoms with Gasteiger partial charge in [0.25, 0.3) is 0 Å². The monoisotopic (exact) mass is 404 g/mol. The van der Waals surface area contributed by atoms with Crippen molar-refractivity contribution in [2.24, 2.45) is 0 Å². The molecule has 31 heavy (non-hydrogen) atoms. The lowest BCUT2D eigenvalue weighted by atomic mass is 10.00. The Hall–Kier alpha value is -3.52. The topological polar surface area (TPSA) is 26.3 Å². The van der Waals surface area contributed by atoms with Crippen LogP contribution in [0, 0.1) is 0 Å². The zero-order chi connectivity index (χ0) is 20.8. The van der Waals surface area contributed by atoms with Crippen molar-refractivity contribution >= 4 is 43.9 Å². The molecule has 0 N–H and O–H groups in total. The lowest BCUT2D eigenvalue weighted by Crippen LogP contribution is -1.86. The molecular formula is C29H24O2. The maximum Gasteiger partial charge on any atom is 0.136 e. The Balaban J connectivity index is 1.41. The van der Waals surface area contributed by atoms with Crippen LogP contribution in [0.15, 0.2) is 87.7 Å². The van der Waals surface area contributed by atoms with E-state index < -0.39 is 0 Å². The summed E-state index contributed by atoms with van der Waals surface area (Å²) in [6, 6.07) is 27.9. The zero-order valence-electron chi connectivity index (χ0n) is 17.7. The van der Waals surface area contributed by atoms with Crippen LogP contribution in [0.1, 0.15) is 31.7 Å². The second-order valence-electron chi connectivity index (χ2n) is 8.41. The molecule has 0 bridgehead atoms. The molecule has 2 heterocycles. The number of benzene rings is 4. The summed E-state index contributed by atoms with van der Waals surface area (Å²) in [5.74, 6) is 0. The van der Waals surface area contributed by atoms with Gasteiger partial charge in [-0.1, -0.05) is 68.3 Å². The van der Waals surface area contributed by atoms with Gasteiger partial charge in [-0.05, 0) is 59.9 Å². The van der Waals surface area contributed by atoms with Crippen LogP contribution in [-0.2, 0) is 6.42 Å². The van der Waals surface area contributed by atoms with Gasteiger partial charge in [0.1, 0.15) is 22.3 Å². The van der Waals surface area contributed by atoms with E-state index in [1.54, 1.807) is 0 Å². The summed E-state index contributed by atoms with van der Waals surface area (Å²) in [5, 5.41) is 4.44. The molecule has 0 fully saturated rings. The van der Waals surface area contributed by atoms with Crippen LogP contribution >= 0.6 is 0 Å². The highest BCUT2D eigenvalue weighted by molar-refractivity contribution is 6.15. The molecule has 6 aromatic rings. The Morgan fingerprint density at radius 1 is 0.548 bits per heavy atom. The molecule has 2 heteroatoms. The van der Waals surface area contributed by atoms with Crippen LogP contribution in [0.5, 0.6) is 0 Å². The molecule has 0 amide bonds. The number of aryl methyl sites for hydroxylation is 1. The molecule has 0 radical (unpaired) electrons. The van der Waals surface area contributed by atoms with Gasteiger partial charge in [0.15, 0.2) is 0 Å². The number of hydrogen-bond donors (Lipinski definition) is 0. The van der Waals surface area contributed by atoms with Crippen molar-refractivity contribution in [3.05, 3.63) is 84.4 Å². The quantitative estimate of drug-likeness (QED) is 0.268. The van der Waals surface area contributed by atoms with Gasteiger partial charge in [-0.2, -0.15) is 0 Å². The van der Waals surface area contributed by atoms with Crippen molar-refractivity contribution in [3.8, 4) is 11.1 Å². The molecule has 0 atom stereocenters. The molecule has 0 spiro atoms. The molecule has 0 saturated carbocycles. The molecule has 152 valence electrons. The van der Waals surface area contributed by atoms with Crippen LogP contribution in [0.4, 0.5) is 0 Å². The highest BCUT2D eigenvalue weighted by atomic mass is 16.3. The first-order chi connectivity index (χ1) is 15.3. The molecule has 0 aliphatic carbocycles. The van der Waals surface area contributed by atoms with Crippen LogP contribution in [0.3, 0.4) is 0 Å². The molecule has 2 nitrogen and oxygen atoms in total. The zero-order valence-corrected chi connectivity index (χ0v) is 17.7. The highest BCUT2D eigenvalue weighted by Gasteiger charge is 2.13. The van der Waals surface area contributed by atoms with Gasteiger partial charge in [-0.25, -0.2) is 0 Å². The van der Waals surface area contributed by atoms with Gasteiger partial charge >= 0.3 is 0 Å². The number of para-hydroxylation sites is 1. The van der Waals surface area contributed by atoms with E-state index in [0.717, 1.165) is 50.3 Å². The Morgan fingerprint density at radius 3 is 1.97 bits per heavy atom. The average Bonchev–Trinajstić information content (AvgIpc) is 3.35. The van der Waals surface area contributed by atoms with E-state index in [1.807, 2.05) is 18.2 Å². The highest BCUT2D eigenvalue weighted by Crippen LogP contribution is 2.37. The first-order valence-electron chi connectivity index (χ1n) is 11.2. The number of furan rings is 2. The molecule has 6 rings (SSSR count). The average molecular weight is 405 g/mol. The summed E-state index contributed by atoms with van der Waals surface area (Å²) in [7, 11) is 0. The third-order valence-corrected chi connectivity index (χ3v) is 6.33. The van der Waals surface area contributed by atoms with Crippen molar-refractivity contribution in [2.45, 2.75) is 32.6 Å². The van der Waals surface area contributed by atoms with Gasteiger partial charge in [-0.15, -0.1) is 0 Å². The number of rotatable bonds is 5. The van der Waals surface area contributed by atoms with Gasteiger partial charge in [0.2, 0.25) is 0 Å². The fraction of sp³-hybridized carbons (Fsp3) is 0.172. The van der Waals surface area contributed by atoms with Gasteiger partial charge in [0.05, 0.1) is 0 Å². The van der Waals surface area contributed by atoms with Crippen molar-refractivity contribution < 1.29 is 8.83 Å². The maximum atomic E-state index is 6.29.